The highest BCUT2D eigenvalue weighted by molar-refractivity contribution is 6.30. The predicted octanol–water partition coefficient (Wildman–Crippen LogP) is 3.87. The molecule has 0 saturated carbocycles. The van der Waals surface area contributed by atoms with E-state index in [0.717, 1.165) is 5.56 Å². The molecule has 2 aromatic rings. The lowest BCUT2D eigenvalue weighted by atomic mass is 10.2. The normalized spacial score (nSPS) is 10.9. The molecule has 0 radical (unpaired) electrons. The lowest BCUT2D eigenvalue weighted by molar-refractivity contribution is -0.124. The zero-order valence-corrected chi connectivity index (χ0v) is 14.2. The van der Waals surface area contributed by atoms with Crippen LogP contribution in [0.5, 0.6) is 0 Å². The second-order valence-electron chi connectivity index (χ2n) is 5.14. The third-order valence-electron chi connectivity index (χ3n) is 3.13. The van der Waals surface area contributed by atoms with E-state index in [1.807, 2.05) is 36.4 Å². The maximum absolute atomic E-state index is 11.8. The molecule has 2 amide bonds. The Bertz CT molecular complexity index is 773. The molecule has 0 aromatic heterocycles. The molecular formula is C19H18ClN3O2. The summed E-state index contributed by atoms with van der Waals surface area (Å²) in [5.74, 6) is -0.587. The van der Waals surface area contributed by atoms with Crippen molar-refractivity contribution < 1.29 is 9.59 Å². The number of hydrazone groups is 1. The third-order valence-corrected chi connectivity index (χ3v) is 3.36. The van der Waals surface area contributed by atoms with Crippen molar-refractivity contribution in [2.24, 2.45) is 5.10 Å². The van der Waals surface area contributed by atoms with Crippen LogP contribution < -0.4 is 10.7 Å². The molecule has 0 spiro atoms. The molecule has 2 N–H and O–H groups in total. The Morgan fingerprint density at radius 3 is 2.52 bits per heavy atom. The Kier molecular flexibility index (Phi) is 7.41. The second kappa shape index (κ2) is 10.1. The second-order valence-corrected chi connectivity index (χ2v) is 5.58. The smallest absolute Gasteiger partial charge is 0.240 e. The van der Waals surface area contributed by atoms with Crippen LogP contribution >= 0.6 is 11.6 Å². The highest BCUT2D eigenvalue weighted by Gasteiger charge is 2.06. The van der Waals surface area contributed by atoms with Crippen LogP contribution in [0.3, 0.4) is 0 Å². The average molecular weight is 356 g/mol. The zero-order valence-electron chi connectivity index (χ0n) is 13.5. The highest BCUT2D eigenvalue weighted by Crippen LogP contribution is 2.15. The fourth-order valence-corrected chi connectivity index (χ4v) is 2.13. The number of rotatable bonds is 7. The topological polar surface area (TPSA) is 70.6 Å². The summed E-state index contributed by atoms with van der Waals surface area (Å²) in [7, 11) is 0. The van der Waals surface area contributed by atoms with Gasteiger partial charge in [-0.15, -0.1) is 0 Å². The summed E-state index contributed by atoms with van der Waals surface area (Å²) in [5, 5.41) is 7.01. The number of allylic oxidation sites excluding steroid dienone is 1. The van der Waals surface area contributed by atoms with Crippen molar-refractivity contribution in [1.82, 2.24) is 5.43 Å². The van der Waals surface area contributed by atoms with Gasteiger partial charge in [0.15, 0.2) is 0 Å². The first kappa shape index (κ1) is 18.4. The van der Waals surface area contributed by atoms with Crippen molar-refractivity contribution in [3.63, 3.8) is 0 Å². The molecule has 0 aliphatic carbocycles. The van der Waals surface area contributed by atoms with E-state index in [0.29, 0.717) is 10.7 Å². The van der Waals surface area contributed by atoms with Crippen molar-refractivity contribution in [2.45, 2.75) is 12.8 Å². The molecule has 0 unspecified atom stereocenters. The fourth-order valence-electron chi connectivity index (χ4n) is 1.94. The molecule has 0 bridgehead atoms. The molecule has 0 fully saturated rings. The van der Waals surface area contributed by atoms with E-state index >= 15 is 0 Å². The number of carbonyl (C=O) groups is 2. The van der Waals surface area contributed by atoms with Crippen molar-refractivity contribution >= 4 is 41.4 Å². The van der Waals surface area contributed by atoms with Gasteiger partial charge in [0.2, 0.25) is 11.8 Å². The molecule has 128 valence electrons. The van der Waals surface area contributed by atoms with Gasteiger partial charge in [0.1, 0.15) is 0 Å². The van der Waals surface area contributed by atoms with Crippen LogP contribution in [0.1, 0.15) is 18.4 Å². The monoisotopic (exact) mass is 355 g/mol. The van der Waals surface area contributed by atoms with E-state index < -0.39 is 0 Å². The summed E-state index contributed by atoms with van der Waals surface area (Å²) >= 11 is 5.84. The Hall–Kier alpha value is -2.92. The van der Waals surface area contributed by atoms with Gasteiger partial charge in [0.25, 0.3) is 0 Å². The van der Waals surface area contributed by atoms with Gasteiger partial charge in [0.05, 0.1) is 0 Å². The molecule has 6 heteroatoms. The molecule has 0 aliphatic heterocycles. The van der Waals surface area contributed by atoms with E-state index in [1.165, 1.54) is 6.21 Å². The van der Waals surface area contributed by atoms with Crippen LogP contribution in [0.25, 0.3) is 6.08 Å². The molecule has 2 aromatic carbocycles. The SMILES string of the molecule is O=C(CCC(=O)Nc1cccc(Cl)c1)NN=CC=Cc1ccccc1. The van der Waals surface area contributed by atoms with Crippen LogP contribution in [-0.2, 0) is 9.59 Å². The number of hydrogen-bond donors (Lipinski definition) is 2. The quantitative estimate of drug-likeness (QED) is 0.584. The first-order valence-electron chi connectivity index (χ1n) is 7.72. The molecular weight excluding hydrogens is 338 g/mol. The minimum absolute atomic E-state index is 0.0478. The van der Waals surface area contributed by atoms with Gasteiger partial charge in [-0.1, -0.05) is 54.1 Å². The summed E-state index contributed by atoms with van der Waals surface area (Å²) in [6.45, 7) is 0. The van der Waals surface area contributed by atoms with Crippen LogP contribution in [0.2, 0.25) is 5.02 Å². The van der Waals surface area contributed by atoms with E-state index in [-0.39, 0.29) is 24.7 Å². The number of nitrogens with one attached hydrogen (secondary N) is 2. The van der Waals surface area contributed by atoms with E-state index in [9.17, 15) is 9.59 Å². The van der Waals surface area contributed by atoms with Crippen LogP contribution in [0.4, 0.5) is 5.69 Å². The minimum atomic E-state index is -0.328. The standard InChI is InChI=1S/C19H18ClN3O2/c20-16-9-4-10-17(14-16)22-18(24)11-12-19(25)23-21-13-5-8-15-6-2-1-3-7-15/h1-10,13-14H,11-12H2,(H,22,24)(H,23,25). The summed E-state index contributed by atoms with van der Waals surface area (Å²) in [5.41, 5.74) is 4.01. The third kappa shape index (κ3) is 7.46. The van der Waals surface area contributed by atoms with E-state index in [2.05, 4.69) is 15.8 Å². The number of amides is 2. The number of carbonyl (C=O) groups excluding carboxylic acids is 2. The zero-order chi connectivity index (χ0) is 17.9. The minimum Gasteiger partial charge on any atom is -0.326 e. The summed E-state index contributed by atoms with van der Waals surface area (Å²) in [6.07, 6.45) is 5.19. The average Bonchev–Trinajstić information content (AvgIpc) is 2.60. The molecule has 0 atom stereocenters. The van der Waals surface area contributed by atoms with Gasteiger partial charge >= 0.3 is 0 Å². The molecule has 0 aliphatic rings. The number of anilines is 1. The molecule has 2 rings (SSSR count). The van der Waals surface area contributed by atoms with Gasteiger partial charge in [0, 0.05) is 29.8 Å². The number of halogens is 1. The lowest BCUT2D eigenvalue weighted by Gasteiger charge is -2.05. The van der Waals surface area contributed by atoms with Gasteiger partial charge in [-0.25, -0.2) is 5.43 Å². The Balaban J connectivity index is 1.67. The van der Waals surface area contributed by atoms with Crippen molar-refractivity contribution in [3.05, 3.63) is 71.3 Å². The summed E-state index contributed by atoms with van der Waals surface area (Å²) < 4.78 is 0. The van der Waals surface area contributed by atoms with Crippen molar-refractivity contribution in [1.29, 1.82) is 0 Å². The van der Waals surface area contributed by atoms with Crippen LogP contribution in [0, 0.1) is 0 Å². The number of nitrogens with zero attached hydrogens (tertiary/aromatic N) is 1. The summed E-state index contributed by atoms with van der Waals surface area (Å²) in [6, 6.07) is 16.6. The number of benzene rings is 2. The first-order chi connectivity index (χ1) is 12.1. The maximum atomic E-state index is 11.8. The van der Waals surface area contributed by atoms with Gasteiger partial charge < -0.3 is 5.32 Å². The van der Waals surface area contributed by atoms with Gasteiger partial charge in [-0.3, -0.25) is 9.59 Å². The van der Waals surface area contributed by atoms with Gasteiger partial charge in [-0.05, 0) is 29.8 Å². The van der Waals surface area contributed by atoms with Gasteiger partial charge in [-0.2, -0.15) is 5.10 Å². The largest absolute Gasteiger partial charge is 0.326 e. The van der Waals surface area contributed by atoms with Crippen molar-refractivity contribution in [3.8, 4) is 0 Å². The Labute approximate surface area is 151 Å². The number of hydrogen-bond acceptors (Lipinski definition) is 3. The van der Waals surface area contributed by atoms with Crippen LogP contribution in [0.15, 0.2) is 65.8 Å². The lowest BCUT2D eigenvalue weighted by Crippen LogP contribution is -2.20. The van der Waals surface area contributed by atoms with Crippen LogP contribution in [-0.4, -0.2) is 18.0 Å². The Morgan fingerprint density at radius 1 is 1.00 bits per heavy atom. The highest BCUT2D eigenvalue weighted by atomic mass is 35.5. The molecule has 0 saturated heterocycles. The molecule has 0 heterocycles. The predicted molar refractivity (Wildman–Crippen MR) is 101 cm³/mol. The Morgan fingerprint density at radius 2 is 1.76 bits per heavy atom. The summed E-state index contributed by atoms with van der Waals surface area (Å²) in [4.78, 5) is 23.4. The molecule has 25 heavy (non-hydrogen) atoms. The van der Waals surface area contributed by atoms with E-state index in [4.69, 9.17) is 11.6 Å². The first-order valence-corrected chi connectivity index (χ1v) is 8.10. The molecule has 5 nitrogen and oxygen atoms in total. The van der Waals surface area contributed by atoms with E-state index in [1.54, 1.807) is 30.3 Å². The van der Waals surface area contributed by atoms with Crippen molar-refractivity contribution in [2.75, 3.05) is 5.32 Å². The maximum Gasteiger partial charge on any atom is 0.240 e. The fraction of sp³-hybridized carbons (Fsp3) is 0.105.